The zero-order valence-corrected chi connectivity index (χ0v) is 11.9. The molecule has 0 bridgehead atoms. The fourth-order valence-corrected chi connectivity index (χ4v) is 3.14. The van der Waals surface area contributed by atoms with Gasteiger partial charge >= 0.3 is 0 Å². The third kappa shape index (κ3) is 2.62. The summed E-state index contributed by atoms with van der Waals surface area (Å²) in [5.74, 6) is -0.236. The van der Waals surface area contributed by atoms with Crippen molar-refractivity contribution in [1.29, 1.82) is 0 Å². The van der Waals surface area contributed by atoms with Crippen molar-refractivity contribution in [3.8, 4) is 0 Å². The van der Waals surface area contributed by atoms with Gasteiger partial charge in [0.05, 0.1) is 9.21 Å². The third-order valence-electron chi connectivity index (χ3n) is 3.70. The van der Waals surface area contributed by atoms with E-state index in [2.05, 4.69) is 10.6 Å². The van der Waals surface area contributed by atoms with Crippen LogP contribution in [0.2, 0.25) is 4.34 Å². The van der Waals surface area contributed by atoms with Gasteiger partial charge in [-0.2, -0.15) is 0 Å². The van der Waals surface area contributed by atoms with Crippen LogP contribution in [0.4, 0.5) is 0 Å². The van der Waals surface area contributed by atoms with Crippen LogP contribution in [0.25, 0.3) is 0 Å². The number of amides is 2. The van der Waals surface area contributed by atoms with E-state index in [4.69, 9.17) is 11.6 Å². The molecule has 2 aliphatic carbocycles. The van der Waals surface area contributed by atoms with Crippen LogP contribution in [0.5, 0.6) is 0 Å². The molecule has 19 heavy (non-hydrogen) atoms. The van der Waals surface area contributed by atoms with Gasteiger partial charge in [0.1, 0.15) is 5.54 Å². The Labute approximate surface area is 120 Å². The van der Waals surface area contributed by atoms with Gasteiger partial charge in [0.15, 0.2) is 0 Å². The van der Waals surface area contributed by atoms with Crippen LogP contribution in [0.15, 0.2) is 12.1 Å². The molecule has 1 aromatic heterocycles. The average Bonchev–Trinajstić information content (AvgIpc) is 3.02. The van der Waals surface area contributed by atoms with Crippen molar-refractivity contribution < 1.29 is 9.59 Å². The van der Waals surface area contributed by atoms with E-state index < -0.39 is 5.54 Å². The molecule has 0 radical (unpaired) electrons. The second kappa shape index (κ2) is 4.80. The summed E-state index contributed by atoms with van der Waals surface area (Å²) in [5.41, 5.74) is -0.698. The minimum Gasteiger partial charge on any atom is -0.351 e. The van der Waals surface area contributed by atoms with E-state index >= 15 is 0 Å². The van der Waals surface area contributed by atoms with Crippen LogP contribution in [-0.4, -0.2) is 23.4 Å². The molecule has 6 heteroatoms. The van der Waals surface area contributed by atoms with Crippen molar-refractivity contribution in [3.05, 3.63) is 21.3 Å². The summed E-state index contributed by atoms with van der Waals surface area (Å²) >= 11 is 7.05. The Hall–Kier alpha value is -1.07. The summed E-state index contributed by atoms with van der Waals surface area (Å²) in [7, 11) is 0. The van der Waals surface area contributed by atoms with Crippen LogP contribution in [0.1, 0.15) is 41.8 Å². The van der Waals surface area contributed by atoms with E-state index in [1.54, 1.807) is 12.1 Å². The predicted molar refractivity (Wildman–Crippen MR) is 74.5 cm³/mol. The first kappa shape index (κ1) is 12.9. The molecule has 2 fully saturated rings. The standard InChI is InChI=1S/C13H15ClN2O2S/c14-10-5-4-9(19-10)11(17)16-13(6-1-7-13)12(18)15-8-2-3-8/h4-5,8H,1-3,6-7H2,(H,15,18)(H,16,17). The van der Waals surface area contributed by atoms with E-state index in [1.165, 1.54) is 11.3 Å². The van der Waals surface area contributed by atoms with Gasteiger partial charge in [-0.1, -0.05) is 11.6 Å². The molecule has 0 atom stereocenters. The number of thiophene rings is 1. The van der Waals surface area contributed by atoms with Crippen molar-refractivity contribution in [2.45, 2.75) is 43.7 Å². The lowest BCUT2D eigenvalue weighted by Crippen LogP contribution is -2.63. The molecule has 2 saturated carbocycles. The first-order chi connectivity index (χ1) is 9.09. The van der Waals surface area contributed by atoms with Crippen molar-refractivity contribution in [2.24, 2.45) is 0 Å². The van der Waals surface area contributed by atoms with Gasteiger partial charge in [-0.15, -0.1) is 11.3 Å². The number of carbonyl (C=O) groups excluding carboxylic acids is 2. The number of hydrogen-bond donors (Lipinski definition) is 2. The maximum atomic E-state index is 12.2. The highest BCUT2D eigenvalue weighted by Gasteiger charge is 2.46. The van der Waals surface area contributed by atoms with Crippen molar-refractivity contribution in [1.82, 2.24) is 10.6 Å². The third-order valence-corrected chi connectivity index (χ3v) is 4.93. The summed E-state index contributed by atoms with van der Waals surface area (Å²) < 4.78 is 0.579. The number of rotatable bonds is 4. The van der Waals surface area contributed by atoms with Gasteiger partial charge < -0.3 is 10.6 Å². The largest absolute Gasteiger partial charge is 0.351 e. The molecule has 2 N–H and O–H groups in total. The minimum absolute atomic E-state index is 0.0303. The second-order valence-corrected chi connectivity index (χ2v) is 6.96. The molecule has 4 nitrogen and oxygen atoms in total. The quantitative estimate of drug-likeness (QED) is 0.896. The van der Waals surface area contributed by atoms with Crippen LogP contribution in [0, 0.1) is 0 Å². The molecule has 0 saturated heterocycles. The van der Waals surface area contributed by atoms with Crippen molar-refractivity contribution >= 4 is 34.8 Å². The molecule has 102 valence electrons. The molecule has 0 aliphatic heterocycles. The van der Waals surface area contributed by atoms with Gasteiger partial charge in [-0.3, -0.25) is 9.59 Å². The maximum absolute atomic E-state index is 12.2. The van der Waals surface area contributed by atoms with E-state index in [9.17, 15) is 9.59 Å². The molecular formula is C13H15ClN2O2S. The molecule has 0 aromatic carbocycles. The van der Waals surface area contributed by atoms with E-state index in [1.807, 2.05) is 0 Å². The first-order valence-corrected chi connectivity index (χ1v) is 7.67. The Morgan fingerprint density at radius 1 is 1.32 bits per heavy atom. The van der Waals surface area contributed by atoms with Gasteiger partial charge in [0, 0.05) is 6.04 Å². The van der Waals surface area contributed by atoms with Gasteiger partial charge in [0.2, 0.25) is 5.91 Å². The lowest BCUT2D eigenvalue weighted by molar-refractivity contribution is -0.130. The molecular weight excluding hydrogens is 284 g/mol. The molecule has 0 unspecified atom stereocenters. The number of nitrogens with one attached hydrogen (secondary N) is 2. The first-order valence-electron chi connectivity index (χ1n) is 6.48. The summed E-state index contributed by atoms with van der Waals surface area (Å²) in [6, 6.07) is 3.70. The Bertz CT molecular complexity index is 520. The second-order valence-electron chi connectivity index (χ2n) is 5.24. The topological polar surface area (TPSA) is 58.2 Å². The summed E-state index contributed by atoms with van der Waals surface area (Å²) in [6.45, 7) is 0. The Balaban J connectivity index is 1.68. The summed E-state index contributed by atoms with van der Waals surface area (Å²) in [6.07, 6.45) is 4.52. The smallest absolute Gasteiger partial charge is 0.262 e. The zero-order chi connectivity index (χ0) is 13.5. The molecule has 2 amide bonds. The number of halogens is 1. The summed E-state index contributed by atoms with van der Waals surface area (Å²) in [4.78, 5) is 24.9. The Morgan fingerprint density at radius 3 is 2.53 bits per heavy atom. The molecule has 0 spiro atoms. The van der Waals surface area contributed by atoms with Crippen LogP contribution >= 0.6 is 22.9 Å². The maximum Gasteiger partial charge on any atom is 0.262 e. The van der Waals surface area contributed by atoms with E-state index in [0.29, 0.717) is 15.3 Å². The Morgan fingerprint density at radius 2 is 2.05 bits per heavy atom. The van der Waals surface area contributed by atoms with Gasteiger partial charge in [-0.25, -0.2) is 0 Å². The lowest BCUT2D eigenvalue weighted by Gasteiger charge is -2.40. The predicted octanol–water partition coefficient (Wildman–Crippen LogP) is 2.33. The monoisotopic (exact) mass is 298 g/mol. The highest BCUT2D eigenvalue weighted by atomic mass is 35.5. The molecule has 2 aliphatic rings. The lowest BCUT2D eigenvalue weighted by atomic mass is 9.75. The molecule has 1 heterocycles. The van der Waals surface area contributed by atoms with Crippen molar-refractivity contribution in [3.63, 3.8) is 0 Å². The highest BCUT2D eigenvalue weighted by molar-refractivity contribution is 7.18. The van der Waals surface area contributed by atoms with Crippen LogP contribution in [-0.2, 0) is 4.79 Å². The van der Waals surface area contributed by atoms with E-state index in [-0.39, 0.29) is 11.8 Å². The molecule has 3 rings (SSSR count). The fraction of sp³-hybridized carbons (Fsp3) is 0.538. The number of carbonyl (C=O) groups is 2. The van der Waals surface area contributed by atoms with Gasteiger partial charge in [-0.05, 0) is 44.2 Å². The minimum atomic E-state index is -0.698. The summed E-state index contributed by atoms with van der Waals surface area (Å²) in [5, 5.41) is 5.88. The zero-order valence-electron chi connectivity index (χ0n) is 10.4. The van der Waals surface area contributed by atoms with Crippen LogP contribution in [0.3, 0.4) is 0 Å². The Kier molecular flexibility index (Phi) is 3.27. The highest BCUT2D eigenvalue weighted by Crippen LogP contribution is 2.34. The normalized spacial score (nSPS) is 20.5. The number of hydrogen-bond acceptors (Lipinski definition) is 3. The van der Waals surface area contributed by atoms with Crippen molar-refractivity contribution in [2.75, 3.05) is 0 Å². The molecule has 1 aromatic rings. The average molecular weight is 299 g/mol. The van der Waals surface area contributed by atoms with E-state index in [0.717, 1.165) is 32.1 Å². The van der Waals surface area contributed by atoms with Gasteiger partial charge in [0.25, 0.3) is 5.91 Å². The fourth-order valence-electron chi connectivity index (χ4n) is 2.21. The SMILES string of the molecule is O=C(NC1(C(=O)NC2CC2)CCC1)c1ccc(Cl)s1. The van der Waals surface area contributed by atoms with Crippen LogP contribution < -0.4 is 10.6 Å².